The number of hydrogen-bond acceptors (Lipinski definition) is 2. The minimum atomic E-state index is -0.397. The van der Waals surface area contributed by atoms with Crippen molar-refractivity contribution in [1.29, 1.82) is 0 Å². The summed E-state index contributed by atoms with van der Waals surface area (Å²) in [5, 5.41) is 0.136. The van der Waals surface area contributed by atoms with Crippen LogP contribution in [0, 0.1) is 11.7 Å². The van der Waals surface area contributed by atoms with E-state index in [9.17, 15) is 4.39 Å². The van der Waals surface area contributed by atoms with Gasteiger partial charge >= 0.3 is 0 Å². The molecule has 0 N–H and O–H groups in total. The first kappa shape index (κ1) is 14.5. The van der Waals surface area contributed by atoms with Crippen molar-refractivity contribution in [1.82, 2.24) is 14.5 Å². The van der Waals surface area contributed by atoms with Gasteiger partial charge in [-0.3, -0.25) is 0 Å². The van der Waals surface area contributed by atoms with Gasteiger partial charge in [0.15, 0.2) is 0 Å². The third-order valence-corrected chi connectivity index (χ3v) is 4.45. The number of nitrogens with zero attached hydrogens (tertiary/aromatic N) is 3. The summed E-state index contributed by atoms with van der Waals surface area (Å²) in [6, 6.07) is 4.72. The van der Waals surface area contributed by atoms with Gasteiger partial charge in [0.2, 0.25) is 0 Å². The van der Waals surface area contributed by atoms with Gasteiger partial charge < -0.3 is 9.47 Å². The Kier molecular flexibility index (Phi) is 4.27. The Morgan fingerprint density at radius 3 is 2.81 bits per heavy atom. The Morgan fingerprint density at radius 1 is 1.33 bits per heavy atom. The van der Waals surface area contributed by atoms with Crippen LogP contribution < -0.4 is 0 Å². The molecule has 5 heteroatoms. The van der Waals surface area contributed by atoms with Crippen LogP contribution in [0.5, 0.6) is 0 Å². The lowest BCUT2D eigenvalue weighted by atomic mass is 9.97. The van der Waals surface area contributed by atoms with E-state index in [1.807, 2.05) is 12.5 Å². The molecule has 1 aromatic heterocycles. The Hall–Kier alpha value is -1.39. The van der Waals surface area contributed by atoms with Gasteiger partial charge in [-0.25, -0.2) is 9.37 Å². The Morgan fingerprint density at radius 2 is 2.10 bits per heavy atom. The average molecular weight is 308 g/mol. The van der Waals surface area contributed by atoms with E-state index in [0.717, 1.165) is 17.8 Å². The second-order valence-electron chi connectivity index (χ2n) is 5.83. The molecule has 1 aliphatic rings. The number of hydrogen-bond donors (Lipinski definition) is 0. The second kappa shape index (κ2) is 6.16. The first-order chi connectivity index (χ1) is 10.1. The lowest BCUT2D eigenvalue weighted by molar-refractivity contribution is 0.205. The first-order valence-electron chi connectivity index (χ1n) is 7.27. The van der Waals surface area contributed by atoms with E-state index in [1.165, 1.54) is 32.0 Å². The third-order valence-electron chi connectivity index (χ3n) is 4.16. The topological polar surface area (TPSA) is 21.1 Å². The highest BCUT2D eigenvalue weighted by molar-refractivity contribution is 6.31. The van der Waals surface area contributed by atoms with Gasteiger partial charge in [0.1, 0.15) is 5.82 Å². The minimum absolute atomic E-state index is 0.136. The van der Waals surface area contributed by atoms with Gasteiger partial charge in [-0.15, -0.1) is 0 Å². The molecule has 0 aliphatic carbocycles. The summed E-state index contributed by atoms with van der Waals surface area (Å²) in [6.07, 6.45) is 6.32. The zero-order chi connectivity index (χ0) is 14.8. The van der Waals surface area contributed by atoms with Crippen LogP contribution in [0.3, 0.4) is 0 Å². The molecule has 0 amide bonds. The van der Waals surface area contributed by atoms with Gasteiger partial charge in [-0.05, 0) is 57.1 Å². The molecular formula is C16H19ClFN3. The standard InChI is InChI=1S/C16H19ClFN3/c1-20-6-4-12(5-7-20)9-21-10-16(19-11-21)13-2-3-15(18)14(17)8-13/h2-3,8,10-12H,4-7,9H2,1H3. The van der Waals surface area contributed by atoms with Crippen LogP contribution in [-0.4, -0.2) is 34.6 Å². The number of aromatic nitrogens is 2. The van der Waals surface area contributed by atoms with Gasteiger partial charge in [-0.1, -0.05) is 11.6 Å². The fourth-order valence-electron chi connectivity index (χ4n) is 2.81. The molecule has 112 valence electrons. The van der Waals surface area contributed by atoms with Crippen LogP contribution in [-0.2, 0) is 6.54 Å². The van der Waals surface area contributed by atoms with Crippen LogP contribution in [0.4, 0.5) is 4.39 Å². The minimum Gasteiger partial charge on any atom is -0.337 e. The fraction of sp³-hybridized carbons (Fsp3) is 0.438. The lowest BCUT2D eigenvalue weighted by Crippen LogP contribution is -2.31. The summed E-state index contributed by atoms with van der Waals surface area (Å²) < 4.78 is 15.3. The van der Waals surface area contributed by atoms with Crippen molar-refractivity contribution in [3.8, 4) is 11.3 Å². The predicted octanol–water partition coefficient (Wildman–Crippen LogP) is 3.68. The number of likely N-dealkylation sites (tertiary alicyclic amines) is 1. The van der Waals surface area contributed by atoms with E-state index in [1.54, 1.807) is 12.1 Å². The maximum absolute atomic E-state index is 13.2. The van der Waals surface area contributed by atoms with E-state index in [-0.39, 0.29) is 5.02 Å². The summed E-state index contributed by atoms with van der Waals surface area (Å²) in [6.45, 7) is 3.33. The molecule has 1 aromatic carbocycles. The van der Waals surface area contributed by atoms with E-state index in [0.29, 0.717) is 5.92 Å². The van der Waals surface area contributed by atoms with E-state index >= 15 is 0 Å². The number of halogens is 2. The van der Waals surface area contributed by atoms with Crippen molar-refractivity contribution in [2.45, 2.75) is 19.4 Å². The highest BCUT2D eigenvalue weighted by Crippen LogP contribution is 2.24. The smallest absolute Gasteiger partial charge is 0.141 e. The third kappa shape index (κ3) is 3.44. The number of piperidine rings is 1. The van der Waals surface area contributed by atoms with Crippen LogP contribution >= 0.6 is 11.6 Å². The van der Waals surface area contributed by atoms with Crippen LogP contribution in [0.2, 0.25) is 5.02 Å². The van der Waals surface area contributed by atoms with Gasteiger partial charge in [0.25, 0.3) is 0 Å². The van der Waals surface area contributed by atoms with E-state index in [4.69, 9.17) is 11.6 Å². The molecule has 0 bridgehead atoms. The average Bonchev–Trinajstić information content (AvgIpc) is 2.93. The molecule has 0 saturated carbocycles. The Bertz CT molecular complexity index is 618. The maximum Gasteiger partial charge on any atom is 0.141 e. The monoisotopic (exact) mass is 307 g/mol. The quantitative estimate of drug-likeness (QED) is 0.862. The summed E-state index contributed by atoms with van der Waals surface area (Å²) >= 11 is 5.83. The van der Waals surface area contributed by atoms with Gasteiger partial charge in [-0.2, -0.15) is 0 Å². The van der Waals surface area contributed by atoms with E-state index in [2.05, 4.69) is 21.5 Å². The van der Waals surface area contributed by atoms with Crippen LogP contribution in [0.15, 0.2) is 30.7 Å². The molecule has 0 atom stereocenters. The van der Waals surface area contributed by atoms with Crippen LogP contribution in [0.25, 0.3) is 11.3 Å². The Balaban J connectivity index is 1.69. The van der Waals surface area contributed by atoms with Crippen molar-refractivity contribution >= 4 is 11.6 Å². The number of benzene rings is 1. The first-order valence-corrected chi connectivity index (χ1v) is 7.65. The SMILES string of the molecule is CN1CCC(Cn2cnc(-c3ccc(F)c(Cl)c3)c2)CC1. The van der Waals surface area contributed by atoms with Crippen molar-refractivity contribution < 1.29 is 4.39 Å². The molecule has 1 fully saturated rings. The molecule has 2 heterocycles. The highest BCUT2D eigenvalue weighted by Gasteiger charge is 2.17. The summed E-state index contributed by atoms with van der Waals surface area (Å²) in [5.41, 5.74) is 1.69. The van der Waals surface area contributed by atoms with Gasteiger partial charge in [0.05, 0.1) is 17.0 Å². The largest absolute Gasteiger partial charge is 0.337 e. The summed E-state index contributed by atoms with van der Waals surface area (Å²) in [4.78, 5) is 6.78. The van der Waals surface area contributed by atoms with Crippen molar-refractivity contribution in [3.63, 3.8) is 0 Å². The molecule has 1 aliphatic heterocycles. The molecule has 0 spiro atoms. The molecule has 21 heavy (non-hydrogen) atoms. The zero-order valence-electron chi connectivity index (χ0n) is 12.1. The Labute approximate surface area is 129 Å². The molecule has 0 radical (unpaired) electrons. The zero-order valence-corrected chi connectivity index (χ0v) is 12.9. The predicted molar refractivity (Wildman–Crippen MR) is 82.9 cm³/mol. The maximum atomic E-state index is 13.2. The summed E-state index contributed by atoms with van der Waals surface area (Å²) in [7, 11) is 2.17. The second-order valence-corrected chi connectivity index (χ2v) is 6.24. The van der Waals surface area contributed by atoms with Crippen LogP contribution in [0.1, 0.15) is 12.8 Å². The molecule has 3 nitrogen and oxygen atoms in total. The fourth-order valence-corrected chi connectivity index (χ4v) is 2.99. The number of imidazole rings is 1. The number of rotatable bonds is 3. The van der Waals surface area contributed by atoms with Gasteiger partial charge in [0, 0.05) is 18.3 Å². The molecule has 2 aromatic rings. The molecule has 3 rings (SSSR count). The van der Waals surface area contributed by atoms with E-state index < -0.39 is 5.82 Å². The molecular weight excluding hydrogens is 289 g/mol. The summed E-state index contributed by atoms with van der Waals surface area (Å²) in [5.74, 6) is 0.311. The normalized spacial score (nSPS) is 17.3. The molecule has 1 saturated heterocycles. The van der Waals surface area contributed by atoms with Crippen molar-refractivity contribution in [3.05, 3.63) is 41.6 Å². The highest BCUT2D eigenvalue weighted by atomic mass is 35.5. The lowest BCUT2D eigenvalue weighted by Gasteiger charge is -2.28. The molecule has 0 unspecified atom stereocenters. The van der Waals surface area contributed by atoms with Crippen molar-refractivity contribution in [2.75, 3.05) is 20.1 Å². The van der Waals surface area contributed by atoms with Crippen molar-refractivity contribution in [2.24, 2.45) is 5.92 Å².